The number of nitrogens with zero attached hydrogens (tertiary/aromatic N) is 2. The minimum atomic E-state index is -0.167. The van der Waals surface area contributed by atoms with Crippen LogP contribution < -0.4 is 15.4 Å². The molecule has 1 aromatic carbocycles. The van der Waals surface area contributed by atoms with Gasteiger partial charge in [0.05, 0.1) is 18.3 Å². The number of hydrogen-bond donors (Lipinski definition) is 2. The van der Waals surface area contributed by atoms with Gasteiger partial charge in [-0.2, -0.15) is 5.10 Å². The highest BCUT2D eigenvalue weighted by atomic mass is 16.5. The Bertz CT molecular complexity index is 671. The van der Waals surface area contributed by atoms with Gasteiger partial charge in [-0.3, -0.25) is 4.68 Å². The summed E-state index contributed by atoms with van der Waals surface area (Å²) in [6, 6.07) is 9.54. The largest absolute Gasteiger partial charge is 0.488 e. The second kappa shape index (κ2) is 7.38. The molecule has 1 aromatic heterocycles. The van der Waals surface area contributed by atoms with Gasteiger partial charge in [-0.05, 0) is 38.3 Å². The number of carbonyl (C=O) groups is 1. The molecule has 1 saturated carbocycles. The number of ether oxygens (including phenoxy) is 1. The third-order valence-electron chi connectivity index (χ3n) is 4.37. The van der Waals surface area contributed by atoms with Gasteiger partial charge in [-0.1, -0.05) is 18.2 Å². The number of aryl methyl sites for hydroxylation is 1. The number of benzene rings is 1. The van der Waals surface area contributed by atoms with Crippen molar-refractivity contribution in [2.24, 2.45) is 7.05 Å². The Labute approximate surface area is 142 Å². The SMILES string of the molecule is C[C@H](NC(=O)N[C@H]1CCC[C@H]1Oc1ccccc1)c1cnn(C)c1. The lowest BCUT2D eigenvalue weighted by Crippen LogP contribution is -2.47. The molecule has 0 radical (unpaired) electrons. The summed E-state index contributed by atoms with van der Waals surface area (Å²) >= 11 is 0. The molecule has 0 spiro atoms. The van der Waals surface area contributed by atoms with Gasteiger partial charge in [0.1, 0.15) is 11.9 Å². The highest BCUT2D eigenvalue weighted by molar-refractivity contribution is 5.74. The van der Waals surface area contributed by atoms with Crippen LogP contribution in [0.1, 0.15) is 37.8 Å². The van der Waals surface area contributed by atoms with Gasteiger partial charge in [0.15, 0.2) is 0 Å². The maximum Gasteiger partial charge on any atom is 0.315 e. The second-order valence-corrected chi connectivity index (χ2v) is 6.29. The molecule has 0 bridgehead atoms. The van der Waals surface area contributed by atoms with Crippen molar-refractivity contribution in [3.63, 3.8) is 0 Å². The molecule has 1 aliphatic carbocycles. The monoisotopic (exact) mass is 328 g/mol. The first-order valence-corrected chi connectivity index (χ1v) is 8.39. The molecule has 6 heteroatoms. The highest BCUT2D eigenvalue weighted by Gasteiger charge is 2.30. The molecule has 6 nitrogen and oxygen atoms in total. The minimum absolute atomic E-state index is 0.0202. The topological polar surface area (TPSA) is 68.2 Å². The standard InChI is InChI=1S/C18H24N4O2/c1-13(14-11-19-22(2)12-14)20-18(23)21-16-9-6-10-17(16)24-15-7-4-3-5-8-15/h3-5,7-8,11-13,16-17H,6,9-10H2,1-2H3,(H2,20,21,23)/t13-,16-,17+/m0/s1. The van der Waals surface area contributed by atoms with E-state index in [9.17, 15) is 4.79 Å². The Morgan fingerprint density at radius 2 is 2.12 bits per heavy atom. The molecule has 2 N–H and O–H groups in total. The molecule has 2 aromatic rings. The van der Waals surface area contributed by atoms with E-state index in [0.29, 0.717) is 0 Å². The molecule has 3 rings (SSSR count). The zero-order chi connectivity index (χ0) is 16.9. The lowest BCUT2D eigenvalue weighted by molar-refractivity contribution is 0.172. The first kappa shape index (κ1) is 16.4. The number of para-hydroxylation sites is 1. The first-order chi connectivity index (χ1) is 11.6. The van der Waals surface area contributed by atoms with Crippen molar-refractivity contribution >= 4 is 6.03 Å². The van der Waals surface area contributed by atoms with Gasteiger partial charge in [-0.15, -0.1) is 0 Å². The van der Waals surface area contributed by atoms with E-state index in [4.69, 9.17) is 4.74 Å². The fraction of sp³-hybridized carbons (Fsp3) is 0.444. The summed E-state index contributed by atoms with van der Waals surface area (Å²) in [5.41, 5.74) is 0.983. The van der Waals surface area contributed by atoms with Crippen LogP contribution in [-0.4, -0.2) is 28.0 Å². The molecule has 0 aliphatic heterocycles. The van der Waals surface area contributed by atoms with Crippen LogP contribution in [0.4, 0.5) is 4.79 Å². The van der Waals surface area contributed by atoms with E-state index >= 15 is 0 Å². The number of rotatable bonds is 5. The fourth-order valence-corrected chi connectivity index (χ4v) is 3.06. The molecule has 2 amide bonds. The summed E-state index contributed by atoms with van der Waals surface area (Å²) < 4.78 is 7.75. The third kappa shape index (κ3) is 4.07. The number of hydrogen-bond acceptors (Lipinski definition) is 3. The fourth-order valence-electron chi connectivity index (χ4n) is 3.06. The zero-order valence-corrected chi connectivity index (χ0v) is 14.1. The van der Waals surface area contributed by atoms with Gasteiger partial charge >= 0.3 is 6.03 Å². The van der Waals surface area contributed by atoms with Gasteiger partial charge in [0, 0.05) is 18.8 Å². The van der Waals surface area contributed by atoms with Crippen molar-refractivity contribution in [3.05, 3.63) is 48.3 Å². The number of urea groups is 1. The van der Waals surface area contributed by atoms with Crippen LogP contribution in [0.5, 0.6) is 5.75 Å². The molecule has 1 fully saturated rings. The van der Waals surface area contributed by atoms with Crippen LogP contribution in [0.2, 0.25) is 0 Å². The van der Waals surface area contributed by atoms with Crippen LogP contribution in [0.25, 0.3) is 0 Å². The molecule has 1 heterocycles. The normalized spacial score (nSPS) is 21.2. The van der Waals surface area contributed by atoms with Gasteiger partial charge in [0.25, 0.3) is 0 Å². The number of nitrogens with one attached hydrogen (secondary N) is 2. The highest BCUT2D eigenvalue weighted by Crippen LogP contribution is 2.24. The third-order valence-corrected chi connectivity index (χ3v) is 4.37. The Morgan fingerprint density at radius 1 is 1.33 bits per heavy atom. The Balaban J connectivity index is 1.53. The van der Waals surface area contributed by atoms with Crippen LogP contribution >= 0.6 is 0 Å². The van der Waals surface area contributed by atoms with E-state index in [1.54, 1.807) is 10.9 Å². The summed E-state index contributed by atoms with van der Waals surface area (Å²) in [5, 5.41) is 10.1. The molecule has 3 atom stereocenters. The van der Waals surface area contributed by atoms with E-state index in [1.807, 2.05) is 50.5 Å². The molecule has 128 valence electrons. The number of amides is 2. The van der Waals surface area contributed by atoms with Crippen molar-refractivity contribution in [1.29, 1.82) is 0 Å². The predicted molar refractivity (Wildman–Crippen MR) is 91.8 cm³/mol. The van der Waals surface area contributed by atoms with Crippen LogP contribution in [-0.2, 0) is 7.05 Å². The maximum absolute atomic E-state index is 12.3. The van der Waals surface area contributed by atoms with Crippen molar-refractivity contribution in [2.75, 3.05) is 0 Å². The number of aromatic nitrogens is 2. The molecule has 0 saturated heterocycles. The van der Waals surface area contributed by atoms with Gasteiger partial charge in [0.2, 0.25) is 0 Å². The predicted octanol–water partition coefficient (Wildman–Crippen LogP) is 2.78. The molecule has 1 aliphatic rings. The van der Waals surface area contributed by atoms with E-state index in [1.165, 1.54) is 0 Å². The van der Waals surface area contributed by atoms with Gasteiger partial charge < -0.3 is 15.4 Å². The lowest BCUT2D eigenvalue weighted by atomic mass is 10.2. The second-order valence-electron chi connectivity index (χ2n) is 6.29. The average molecular weight is 328 g/mol. The Hall–Kier alpha value is -2.50. The van der Waals surface area contributed by atoms with Crippen LogP contribution in [0.15, 0.2) is 42.7 Å². The zero-order valence-electron chi connectivity index (χ0n) is 14.1. The maximum atomic E-state index is 12.3. The minimum Gasteiger partial charge on any atom is -0.488 e. The lowest BCUT2D eigenvalue weighted by Gasteiger charge is -2.23. The number of carbonyl (C=O) groups excluding carboxylic acids is 1. The molecule has 24 heavy (non-hydrogen) atoms. The van der Waals surface area contributed by atoms with Crippen molar-refractivity contribution in [1.82, 2.24) is 20.4 Å². The first-order valence-electron chi connectivity index (χ1n) is 8.39. The van der Waals surface area contributed by atoms with Gasteiger partial charge in [-0.25, -0.2) is 4.79 Å². The molecule has 0 unspecified atom stereocenters. The molecular formula is C18H24N4O2. The summed E-state index contributed by atoms with van der Waals surface area (Å²) in [7, 11) is 1.86. The molecular weight excluding hydrogens is 304 g/mol. The summed E-state index contributed by atoms with van der Waals surface area (Å²) in [5.74, 6) is 0.848. The smallest absolute Gasteiger partial charge is 0.315 e. The van der Waals surface area contributed by atoms with E-state index < -0.39 is 0 Å². The summed E-state index contributed by atoms with van der Waals surface area (Å²) in [6.45, 7) is 1.95. The average Bonchev–Trinajstić information content (AvgIpc) is 3.18. The van der Waals surface area contributed by atoms with Crippen LogP contribution in [0, 0.1) is 0 Å². The Kier molecular flexibility index (Phi) is 5.03. The van der Waals surface area contributed by atoms with Crippen molar-refractivity contribution in [2.45, 2.75) is 44.4 Å². The summed E-state index contributed by atoms with van der Waals surface area (Å²) in [6.07, 6.45) is 6.64. The van der Waals surface area contributed by atoms with Crippen LogP contribution in [0.3, 0.4) is 0 Å². The van der Waals surface area contributed by atoms with E-state index in [2.05, 4.69) is 15.7 Å². The Morgan fingerprint density at radius 3 is 2.83 bits per heavy atom. The van der Waals surface area contributed by atoms with E-state index in [-0.39, 0.29) is 24.2 Å². The quantitative estimate of drug-likeness (QED) is 0.887. The van der Waals surface area contributed by atoms with E-state index in [0.717, 1.165) is 30.6 Å². The summed E-state index contributed by atoms with van der Waals surface area (Å²) in [4.78, 5) is 12.3. The van der Waals surface area contributed by atoms with Crippen molar-refractivity contribution in [3.8, 4) is 5.75 Å². The van der Waals surface area contributed by atoms with Crippen molar-refractivity contribution < 1.29 is 9.53 Å².